The second kappa shape index (κ2) is 8.16. The highest BCUT2D eigenvalue weighted by Crippen LogP contribution is 2.22. The van der Waals surface area contributed by atoms with Crippen molar-refractivity contribution in [1.82, 2.24) is 10.3 Å². The highest BCUT2D eigenvalue weighted by molar-refractivity contribution is 6.30. The Bertz CT molecular complexity index is 738. The Labute approximate surface area is 151 Å². The molecule has 0 bridgehead atoms. The van der Waals surface area contributed by atoms with Gasteiger partial charge >= 0.3 is 5.97 Å². The van der Waals surface area contributed by atoms with Gasteiger partial charge in [-0.25, -0.2) is 4.98 Å². The van der Waals surface area contributed by atoms with Crippen molar-refractivity contribution in [2.75, 3.05) is 0 Å². The van der Waals surface area contributed by atoms with Gasteiger partial charge in [0.25, 0.3) is 0 Å². The number of amides is 1. The van der Waals surface area contributed by atoms with Crippen molar-refractivity contribution in [3.63, 3.8) is 0 Å². The van der Waals surface area contributed by atoms with Gasteiger partial charge in [-0.05, 0) is 44.5 Å². The zero-order valence-electron chi connectivity index (χ0n) is 14.2. The summed E-state index contributed by atoms with van der Waals surface area (Å²) < 4.78 is 5.66. The lowest BCUT2D eigenvalue weighted by Gasteiger charge is -2.25. The third kappa shape index (κ3) is 6.23. The van der Waals surface area contributed by atoms with E-state index in [4.69, 9.17) is 21.1 Å². The SMILES string of the molecule is CC(C)(CCC(=O)O)NC(=O)CCc1ncc(-c2ccc(Cl)cc2)o1. The summed E-state index contributed by atoms with van der Waals surface area (Å²) in [5.74, 6) is 0.0516. The fourth-order valence-electron chi connectivity index (χ4n) is 2.32. The van der Waals surface area contributed by atoms with Crippen molar-refractivity contribution in [3.05, 3.63) is 41.4 Å². The van der Waals surface area contributed by atoms with Crippen molar-refractivity contribution < 1.29 is 19.1 Å². The maximum atomic E-state index is 12.0. The number of carbonyl (C=O) groups excluding carboxylic acids is 1. The summed E-state index contributed by atoms with van der Waals surface area (Å²) in [6, 6.07) is 7.21. The van der Waals surface area contributed by atoms with Gasteiger partial charge in [0.1, 0.15) is 0 Å². The maximum Gasteiger partial charge on any atom is 0.303 e. The number of aliphatic carboxylic acids is 1. The first-order valence-corrected chi connectivity index (χ1v) is 8.36. The molecule has 0 radical (unpaired) electrons. The summed E-state index contributed by atoms with van der Waals surface area (Å²) in [6.07, 6.45) is 2.59. The molecule has 1 amide bonds. The minimum atomic E-state index is -0.878. The predicted molar refractivity (Wildman–Crippen MR) is 94.4 cm³/mol. The lowest BCUT2D eigenvalue weighted by atomic mass is 9.98. The second-order valence-electron chi connectivity index (χ2n) is 6.45. The minimum Gasteiger partial charge on any atom is -0.481 e. The van der Waals surface area contributed by atoms with Crippen LogP contribution in [0.5, 0.6) is 0 Å². The predicted octanol–water partition coefficient (Wildman–Crippen LogP) is 3.69. The Hall–Kier alpha value is -2.34. The minimum absolute atomic E-state index is 0.0114. The number of carboxylic acid groups (broad SMARTS) is 1. The number of benzene rings is 1. The van der Waals surface area contributed by atoms with E-state index >= 15 is 0 Å². The molecule has 6 nitrogen and oxygen atoms in total. The van der Waals surface area contributed by atoms with E-state index in [9.17, 15) is 9.59 Å². The fourth-order valence-corrected chi connectivity index (χ4v) is 2.44. The highest BCUT2D eigenvalue weighted by Gasteiger charge is 2.21. The topological polar surface area (TPSA) is 92.4 Å². The van der Waals surface area contributed by atoms with Crippen molar-refractivity contribution in [2.24, 2.45) is 0 Å². The smallest absolute Gasteiger partial charge is 0.303 e. The molecule has 7 heteroatoms. The molecule has 0 aliphatic heterocycles. The molecule has 0 aliphatic carbocycles. The summed E-state index contributed by atoms with van der Waals surface area (Å²) in [4.78, 5) is 26.9. The molecule has 1 aromatic heterocycles. The van der Waals surface area contributed by atoms with Crippen LogP contribution >= 0.6 is 11.6 Å². The number of oxazole rings is 1. The molecule has 1 heterocycles. The van der Waals surface area contributed by atoms with Crippen LogP contribution in [0.2, 0.25) is 5.02 Å². The van der Waals surface area contributed by atoms with Crippen LogP contribution < -0.4 is 5.32 Å². The zero-order valence-corrected chi connectivity index (χ0v) is 15.0. The molecule has 0 saturated heterocycles. The van der Waals surface area contributed by atoms with Crippen molar-refractivity contribution in [2.45, 2.75) is 45.1 Å². The van der Waals surface area contributed by atoms with Gasteiger partial charge in [-0.15, -0.1) is 0 Å². The number of hydrogen-bond donors (Lipinski definition) is 2. The first-order chi connectivity index (χ1) is 11.7. The van der Waals surface area contributed by atoms with Gasteiger partial charge in [0.2, 0.25) is 5.91 Å². The summed E-state index contributed by atoms with van der Waals surface area (Å²) in [5.41, 5.74) is 0.294. The first-order valence-electron chi connectivity index (χ1n) is 7.99. The van der Waals surface area contributed by atoms with Gasteiger partial charge in [-0.2, -0.15) is 0 Å². The van der Waals surface area contributed by atoms with E-state index in [1.807, 2.05) is 12.1 Å². The Kier molecular flexibility index (Phi) is 6.20. The number of nitrogens with zero attached hydrogens (tertiary/aromatic N) is 1. The average molecular weight is 365 g/mol. The van der Waals surface area contributed by atoms with Gasteiger partial charge in [-0.1, -0.05) is 11.6 Å². The van der Waals surface area contributed by atoms with Crippen LogP contribution in [0.4, 0.5) is 0 Å². The Morgan fingerprint density at radius 1 is 1.24 bits per heavy atom. The molecular formula is C18H21ClN2O4. The number of carboxylic acids is 1. The number of nitrogens with one attached hydrogen (secondary N) is 1. The fraction of sp³-hybridized carbons (Fsp3) is 0.389. The molecule has 134 valence electrons. The lowest BCUT2D eigenvalue weighted by molar-refractivity contribution is -0.137. The van der Waals surface area contributed by atoms with E-state index in [2.05, 4.69) is 10.3 Å². The van der Waals surface area contributed by atoms with Crippen LogP contribution in [0.3, 0.4) is 0 Å². The van der Waals surface area contributed by atoms with E-state index in [1.165, 1.54) is 0 Å². The van der Waals surface area contributed by atoms with E-state index in [1.54, 1.807) is 32.2 Å². The monoisotopic (exact) mass is 364 g/mol. The summed E-state index contributed by atoms with van der Waals surface area (Å²) in [6.45, 7) is 3.61. The summed E-state index contributed by atoms with van der Waals surface area (Å²) >= 11 is 5.86. The zero-order chi connectivity index (χ0) is 18.4. The van der Waals surface area contributed by atoms with Gasteiger partial charge in [0, 0.05) is 35.4 Å². The van der Waals surface area contributed by atoms with E-state index < -0.39 is 11.5 Å². The molecule has 2 aromatic rings. The number of rotatable bonds is 8. The Morgan fingerprint density at radius 2 is 1.92 bits per heavy atom. The Morgan fingerprint density at radius 3 is 2.56 bits per heavy atom. The van der Waals surface area contributed by atoms with Crippen LogP contribution in [0.1, 0.15) is 39.0 Å². The Balaban J connectivity index is 1.86. The number of aryl methyl sites for hydroxylation is 1. The van der Waals surface area contributed by atoms with Crippen LogP contribution in [0.25, 0.3) is 11.3 Å². The first kappa shape index (κ1) is 19.0. The van der Waals surface area contributed by atoms with Gasteiger partial charge in [0.15, 0.2) is 11.7 Å². The van der Waals surface area contributed by atoms with Gasteiger partial charge in [0.05, 0.1) is 6.20 Å². The van der Waals surface area contributed by atoms with Crippen LogP contribution in [0.15, 0.2) is 34.9 Å². The van der Waals surface area contributed by atoms with Gasteiger partial charge < -0.3 is 14.8 Å². The van der Waals surface area contributed by atoms with E-state index in [0.717, 1.165) is 5.56 Å². The highest BCUT2D eigenvalue weighted by atomic mass is 35.5. The largest absolute Gasteiger partial charge is 0.481 e. The van der Waals surface area contributed by atoms with Crippen molar-refractivity contribution in [1.29, 1.82) is 0 Å². The standard InChI is InChI=1S/C18H21ClN2O4/c1-18(2,10-9-17(23)24)21-15(22)7-8-16-20-11-14(25-16)12-3-5-13(19)6-4-12/h3-6,11H,7-10H2,1-2H3,(H,21,22)(H,23,24). The molecular weight excluding hydrogens is 344 g/mol. The molecule has 2 rings (SSSR count). The van der Waals surface area contributed by atoms with Crippen molar-refractivity contribution >= 4 is 23.5 Å². The summed E-state index contributed by atoms with van der Waals surface area (Å²) in [5, 5.41) is 12.2. The number of aromatic nitrogens is 1. The quantitative estimate of drug-likeness (QED) is 0.745. The molecule has 0 aliphatic rings. The molecule has 0 unspecified atom stereocenters. The molecule has 0 saturated carbocycles. The number of halogens is 1. The molecule has 2 N–H and O–H groups in total. The number of carbonyl (C=O) groups is 2. The van der Waals surface area contributed by atoms with Crippen LogP contribution in [-0.4, -0.2) is 27.5 Å². The molecule has 1 aromatic carbocycles. The van der Waals surface area contributed by atoms with E-state index in [-0.39, 0.29) is 18.7 Å². The molecule has 0 fully saturated rings. The third-order valence-electron chi connectivity index (χ3n) is 3.69. The van der Waals surface area contributed by atoms with E-state index in [0.29, 0.717) is 29.5 Å². The molecule has 25 heavy (non-hydrogen) atoms. The summed E-state index contributed by atoms with van der Waals surface area (Å²) in [7, 11) is 0. The third-order valence-corrected chi connectivity index (χ3v) is 3.94. The second-order valence-corrected chi connectivity index (χ2v) is 6.89. The molecule has 0 spiro atoms. The molecule has 0 atom stereocenters. The lowest BCUT2D eigenvalue weighted by Crippen LogP contribution is -2.43. The normalized spacial score (nSPS) is 11.3. The number of hydrogen-bond acceptors (Lipinski definition) is 4. The van der Waals surface area contributed by atoms with Crippen molar-refractivity contribution in [3.8, 4) is 11.3 Å². The van der Waals surface area contributed by atoms with Crippen LogP contribution in [-0.2, 0) is 16.0 Å². The maximum absolute atomic E-state index is 12.0. The van der Waals surface area contributed by atoms with Crippen LogP contribution in [0, 0.1) is 0 Å². The average Bonchev–Trinajstić information content (AvgIpc) is 3.00. The van der Waals surface area contributed by atoms with Gasteiger partial charge in [-0.3, -0.25) is 9.59 Å².